The number of hydrogen-bond donors (Lipinski definition) is 1. The van der Waals surface area contributed by atoms with Crippen molar-refractivity contribution >= 4 is 21.4 Å². The molecule has 8 heteroatoms. The molecule has 1 N–H and O–H groups in total. The first kappa shape index (κ1) is 18.4. The van der Waals surface area contributed by atoms with Crippen LogP contribution in [0.15, 0.2) is 46.7 Å². The van der Waals surface area contributed by atoms with Crippen LogP contribution in [0.4, 0.5) is 13.2 Å². The van der Waals surface area contributed by atoms with Gasteiger partial charge in [0.2, 0.25) is 10.0 Å². The third kappa shape index (κ3) is 3.91. The molecule has 0 radical (unpaired) electrons. The van der Waals surface area contributed by atoms with Crippen molar-refractivity contribution < 1.29 is 21.6 Å². The molecule has 1 fully saturated rings. The summed E-state index contributed by atoms with van der Waals surface area (Å²) in [5.41, 5.74) is -1.08. The molecule has 136 valence electrons. The van der Waals surface area contributed by atoms with Crippen molar-refractivity contribution in [2.24, 2.45) is 0 Å². The van der Waals surface area contributed by atoms with E-state index >= 15 is 0 Å². The molecule has 1 aliphatic carbocycles. The molecular formula is C17H18F3NO2S2. The third-order valence-corrected chi connectivity index (χ3v) is 7.23. The fourth-order valence-electron chi connectivity index (χ4n) is 3.28. The number of alkyl halides is 3. The van der Waals surface area contributed by atoms with Gasteiger partial charge >= 0.3 is 6.18 Å². The predicted octanol–water partition coefficient (Wildman–Crippen LogP) is 4.56. The molecule has 0 saturated heterocycles. The number of rotatable bonds is 5. The van der Waals surface area contributed by atoms with Crippen LogP contribution in [0, 0.1) is 0 Å². The minimum atomic E-state index is -4.48. The summed E-state index contributed by atoms with van der Waals surface area (Å²) in [5.74, 6) is 0. The van der Waals surface area contributed by atoms with Gasteiger partial charge < -0.3 is 0 Å². The molecule has 0 unspecified atom stereocenters. The number of thiophene rings is 1. The molecule has 1 heterocycles. The average Bonchev–Trinajstić information content (AvgIpc) is 3.24. The van der Waals surface area contributed by atoms with Gasteiger partial charge in [-0.05, 0) is 48.6 Å². The first-order valence-electron chi connectivity index (χ1n) is 7.94. The number of hydrogen-bond acceptors (Lipinski definition) is 3. The van der Waals surface area contributed by atoms with E-state index in [1.165, 1.54) is 0 Å². The molecule has 0 bridgehead atoms. The molecule has 1 aromatic carbocycles. The predicted molar refractivity (Wildman–Crippen MR) is 91.1 cm³/mol. The molecular weight excluding hydrogens is 371 g/mol. The van der Waals surface area contributed by atoms with E-state index in [0.29, 0.717) is 0 Å². The summed E-state index contributed by atoms with van der Waals surface area (Å²) >= 11 is 1.61. The summed E-state index contributed by atoms with van der Waals surface area (Å²) < 4.78 is 65.4. The summed E-state index contributed by atoms with van der Waals surface area (Å²) in [6.07, 6.45) is -0.589. The molecule has 0 amide bonds. The highest BCUT2D eigenvalue weighted by Gasteiger charge is 2.37. The average molecular weight is 389 g/mol. The first-order valence-corrected chi connectivity index (χ1v) is 10.3. The lowest BCUT2D eigenvalue weighted by Gasteiger charge is -2.28. The zero-order valence-electron chi connectivity index (χ0n) is 13.3. The van der Waals surface area contributed by atoms with Crippen LogP contribution in [0.25, 0.3) is 0 Å². The van der Waals surface area contributed by atoms with E-state index in [-0.39, 0.29) is 16.9 Å². The minimum absolute atomic E-state index is 0.153. The SMILES string of the molecule is O=S(=O)(NCC1(c2cccs2)CCCC1)c1ccc(C(F)(F)F)cc1. The fourth-order valence-corrected chi connectivity index (χ4v) is 5.40. The lowest BCUT2D eigenvalue weighted by atomic mass is 9.85. The summed E-state index contributed by atoms with van der Waals surface area (Å²) in [6.45, 7) is 0.261. The molecule has 1 aliphatic rings. The van der Waals surface area contributed by atoms with E-state index in [1.807, 2.05) is 17.5 Å². The molecule has 2 aromatic rings. The lowest BCUT2D eigenvalue weighted by Crippen LogP contribution is -2.38. The monoisotopic (exact) mass is 389 g/mol. The quantitative estimate of drug-likeness (QED) is 0.815. The second kappa shape index (κ2) is 6.74. The van der Waals surface area contributed by atoms with Gasteiger partial charge in [-0.3, -0.25) is 0 Å². The third-order valence-electron chi connectivity index (χ3n) is 4.70. The Hall–Kier alpha value is -1.38. The van der Waals surface area contributed by atoms with E-state index in [9.17, 15) is 21.6 Å². The Bertz CT molecular complexity index is 807. The van der Waals surface area contributed by atoms with Gasteiger partial charge in [0.1, 0.15) is 0 Å². The largest absolute Gasteiger partial charge is 0.416 e. The van der Waals surface area contributed by atoms with E-state index in [1.54, 1.807) is 11.3 Å². The Balaban J connectivity index is 1.77. The van der Waals surface area contributed by atoms with Crippen LogP contribution in [0.2, 0.25) is 0 Å². The molecule has 3 nitrogen and oxygen atoms in total. The van der Waals surface area contributed by atoms with Crippen molar-refractivity contribution in [2.75, 3.05) is 6.54 Å². The maximum absolute atomic E-state index is 12.6. The van der Waals surface area contributed by atoms with Gasteiger partial charge in [-0.2, -0.15) is 13.2 Å². The maximum Gasteiger partial charge on any atom is 0.416 e. The van der Waals surface area contributed by atoms with Gasteiger partial charge in [0.25, 0.3) is 0 Å². The maximum atomic E-state index is 12.6. The van der Waals surface area contributed by atoms with Gasteiger partial charge in [0, 0.05) is 16.8 Å². The van der Waals surface area contributed by atoms with Crippen LogP contribution in [0.3, 0.4) is 0 Å². The van der Waals surface area contributed by atoms with Crippen LogP contribution in [0.5, 0.6) is 0 Å². The highest BCUT2D eigenvalue weighted by Crippen LogP contribution is 2.42. The Morgan fingerprint density at radius 2 is 1.72 bits per heavy atom. The van der Waals surface area contributed by atoms with Gasteiger partial charge in [-0.15, -0.1) is 11.3 Å². The number of nitrogens with one attached hydrogen (secondary N) is 1. The van der Waals surface area contributed by atoms with E-state index < -0.39 is 21.8 Å². The van der Waals surface area contributed by atoms with Crippen molar-refractivity contribution in [1.29, 1.82) is 0 Å². The summed E-state index contributed by atoms with van der Waals surface area (Å²) in [6, 6.07) is 7.54. The smallest absolute Gasteiger partial charge is 0.210 e. The molecule has 3 rings (SSSR count). The van der Waals surface area contributed by atoms with Crippen LogP contribution in [-0.2, 0) is 21.6 Å². The molecule has 0 aliphatic heterocycles. The second-order valence-electron chi connectivity index (χ2n) is 6.31. The zero-order valence-corrected chi connectivity index (χ0v) is 15.0. The number of halogens is 3. The Morgan fingerprint density at radius 3 is 2.24 bits per heavy atom. The molecule has 0 atom stereocenters. The van der Waals surface area contributed by atoms with Crippen LogP contribution in [-0.4, -0.2) is 15.0 Å². The normalized spacial score (nSPS) is 17.7. The van der Waals surface area contributed by atoms with E-state index in [2.05, 4.69) is 4.72 Å². The van der Waals surface area contributed by atoms with Crippen LogP contribution < -0.4 is 4.72 Å². The second-order valence-corrected chi connectivity index (χ2v) is 9.03. The first-order chi connectivity index (χ1) is 11.7. The van der Waals surface area contributed by atoms with Gasteiger partial charge in [-0.1, -0.05) is 18.9 Å². The highest BCUT2D eigenvalue weighted by atomic mass is 32.2. The Labute approximate surface area is 148 Å². The molecule has 1 aromatic heterocycles. The number of sulfonamides is 1. The number of benzene rings is 1. The summed E-state index contributed by atoms with van der Waals surface area (Å²) in [4.78, 5) is 1.000. The van der Waals surface area contributed by atoms with Crippen molar-refractivity contribution in [3.63, 3.8) is 0 Å². The Morgan fingerprint density at radius 1 is 1.08 bits per heavy atom. The topological polar surface area (TPSA) is 46.2 Å². The van der Waals surface area contributed by atoms with Crippen molar-refractivity contribution in [3.05, 3.63) is 52.2 Å². The van der Waals surface area contributed by atoms with Gasteiger partial charge in [-0.25, -0.2) is 13.1 Å². The van der Waals surface area contributed by atoms with E-state index in [4.69, 9.17) is 0 Å². The summed E-state index contributed by atoms with van der Waals surface area (Å²) in [5, 5.41) is 1.97. The van der Waals surface area contributed by atoms with Crippen LogP contribution in [0.1, 0.15) is 36.1 Å². The molecule has 25 heavy (non-hydrogen) atoms. The molecule has 0 spiro atoms. The highest BCUT2D eigenvalue weighted by molar-refractivity contribution is 7.89. The standard InChI is InChI=1S/C17H18F3NO2S2/c18-17(19,20)13-5-7-14(8-6-13)25(22,23)21-12-16(9-1-2-10-16)15-4-3-11-24-15/h3-8,11,21H,1-2,9-10,12H2. The Kier molecular flexibility index (Phi) is 4.96. The van der Waals surface area contributed by atoms with E-state index in [0.717, 1.165) is 54.8 Å². The lowest BCUT2D eigenvalue weighted by molar-refractivity contribution is -0.137. The van der Waals surface area contributed by atoms with Gasteiger partial charge in [0.05, 0.1) is 10.5 Å². The minimum Gasteiger partial charge on any atom is -0.210 e. The van der Waals surface area contributed by atoms with Crippen LogP contribution >= 0.6 is 11.3 Å². The zero-order chi connectivity index (χ0) is 18.1. The summed E-state index contributed by atoms with van der Waals surface area (Å²) in [7, 11) is -3.85. The van der Waals surface area contributed by atoms with Crippen molar-refractivity contribution in [1.82, 2.24) is 4.72 Å². The van der Waals surface area contributed by atoms with Gasteiger partial charge in [0.15, 0.2) is 0 Å². The van der Waals surface area contributed by atoms with Crippen molar-refractivity contribution in [2.45, 2.75) is 42.2 Å². The fraction of sp³-hybridized carbons (Fsp3) is 0.412. The molecule has 1 saturated carbocycles. The van der Waals surface area contributed by atoms with Crippen molar-refractivity contribution in [3.8, 4) is 0 Å².